The van der Waals surface area contributed by atoms with Crippen molar-refractivity contribution >= 4 is 34.5 Å². The van der Waals surface area contributed by atoms with Crippen LogP contribution in [0.1, 0.15) is 5.69 Å². The van der Waals surface area contributed by atoms with Crippen molar-refractivity contribution in [3.8, 4) is 10.7 Å². The molecule has 2 rings (SSSR count). The molecule has 3 nitrogen and oxygen atoms in total. The van der Waals surface area contributed by atoms with Crippen LogP contribution >= 0.6 is 34.5 Å². The van der Waals surface area contributed by atoms with Crippen LogP contribution in [-0.2, 0) is 6.61 Å². The summed E-state index contributed by atoms with van der Waals surface area (Å²) in [5.41, 5.74) is 1.20. The van der Waals surface area contributed by atoms with E-state index in [4.69, 9.17) is 28.3 Å². The molecule has 0 aliphatic carbocycles. The van der Waals surface area contributed by atoms with Crippen molar-refractivity contribution in [2.45, 2.75) is 6.61 Å². The highest BCUT2D eigenvalue weighted by molar-refractivity contribution is 7.13. The molecule has 0 aliphatic heterocycles. The van der Waals surface area contributed by atoms with Gasteiger partial charge in [0.1, 0.15) is 10.7 Å². The number of rotatable bonds is 2. The van der Waals surface area contributed by atoms with Crippen LogP contribution in [-0.4, -0.2) is 15.1 Å². The Morgan fingerprint density at radius 3 is 2.80 bits per heavy atom. The highest BCUT2D eigenvalue weighted by atomic mass is 35.5. The maximum Gasteiger partial charge on any atom is 0.143 e. The van der Waals surface area contributed by atoms with E-state index in [-0.39, 0.29) is 6.61 Å². The zero-order valence-electron chi connectivity index (χ0n) is 7.44. The van der Waals surface area contributed by atoms with Crippen molar-refractivity contribution in [2.75, 3.05) is 0 Å². The summed E-state index contributed by atoms with van der Waals surface area (Å²) >= 11 is 13.1. The number of hydrogen-bond donors (Lipinski definition) is 1. The molecule has 0 radical (unpaired) electrons. The second-order valence-corrected chi connectivity index (χ2v) is 4.49. The molecule has 0 unspecified atom stereocenters. The van der Waals surface area contributed by atoms with E-state index in [1.165, 1.54) is 17.5 Å². The zero-order chi connectivity index (χ0) is 10.8. The maximum atomic E-state index is 8.88. The van der Waals surface area contributed by atoms with E-state index in [9.17, 15) is 0 Å². The topological polar surface area (TPSA) is 46.0 Å². The predicted molar refractivity (Wildman–Crippen MR) is 61.3 cm³/mol. The van der Waals surface area contributed by atoms with Crippen molar-refractivity contribution in [3.63, 3.8) is 0 Å². The van der Waals surface area contributed by atoms with Crippen molar-refractivity contribution < 1.29 is 5.11 Å². The Morgan fingerprint density at radius 2 is 2.20 bits per heavy atom. The molecule has 0 bridgehead atoms. The first-order valence-electron chi connectivity index (χ1n) is 4.07. The van der Waals surface area contributed by atoms with Gasteiger partial charge in [0.05, 0.1) is 22.3 Å². The lowest BCUT2D eigenvalue weighted by atomic mass is 10.3. The van der Waals surface area contributed by atoms with Gasteiger partial charge in [-0.2, -0.15) is 0 Å². The van der Waals surface area contributed by atoms with Crippen molar-refractivity contribution in [1.29, 1.82) is 0 Å². The molecule has 0 fully saturated rings. The molecule has 1 N–H and O–H groups in total. The van der Waals surface area contributed by atoms with Crippen molar-refractivity contribution in [3.05, 3.63) is 33.4 Å². The molecule has 0 amide bonds. The summed E-state index contributed by atoms with van der Waals surface area (Å²) < 4.78 is 0. The number of halogens is 2. The normalized spacial score (nSPS) is 10.6. The predicted octanol–water partition coefficient (Wildman–Crippen LogP) is 3.00. The van der Waals surface area contributed by atoms with Crippen LogP contribution in [0.3, 0.4) is 0 Å². The SMILES string of the molecule is OCc1csc(-c2ncc(Cl)cc2Cl)n1. The molecule has 2 aromatic heterocycles. The molecule has 15 heavy (non-hydrogen) atoms. The monoisotopic (exact) mass is 260 g/mol. The van der Waals surface area contributed by atoms with Crippen molar-refractivity contribution in [2.24, 2.45) is 0 Å². The second-order valence-electron chi connectivity index (χ2n) is 2.79. The number of hydrogen-bond acceptors (Lipinski definition) is 4. The summed E-state index contributed by atoms with van der Waals surface area (Å²) in [5.74, 6) is 0. The number of aromatic nitrogens is 2. The lowest BCUT2D eigenvalue weighted by Gasteiger charge is -1.98. The van der Waals surface area contributed by atoms with Crippen LogP contribution < -0.4 is 0 Å². The highest BCUT2D eigenvalue weighted by Gasteiger charge is 2.10. The Morgan fingerprint density at radius 1 is 1.40 bits per heavy atom. The Balaban J connectivity index is 2.44. The van der Waals surface area contributed by atoms with Gasteiger partial charge in [-0.1, -0.05) is 23.2 Å². The Bertz CT molecular complexity index is 487. The standard InChI is InChI=1S/C9H6Cl2N2OS/c10-5-1-7(11)8(12-2-5)9-13-6(3-14)4-15-9/h1-2,4,14H,3H2. The van der Waals surface area contributed by atoms with E-state index in [1.807, 2.05) is 0 Å². The number of aliphatic hydroxyl groups is 1. The van der Waals surface area contributed by atoms with Crippen LogP contribution in [0.25, 0.3) is 10.7 Å². The Kier molecular flexibility index (Phi) is 3.21. The fraction of sp³-hybridized carbons (Fsp3) is 0.111. The average molecular weight is 261 g/mol. The van der Waals surface area contributed by atoms with Gasteiger partial charge >= 0.3 is 0 Å². The minimum absolute atomic E-state index is 0.0816. The summed E-state index contributed by atoms with van der Waals surface area (Å²) in [5, 5.41) is 12.3. The molecule has 0 aromatic carbocycles. The van der Waals surface area contributed by atoms with Gasteiger partial charge in [0.25, 0.3) is 0 Å². The van der Waals surface area contributed by atoms with E-state index in [0.717, 1.165) is 0 Å². The lowest BCUT2D eigenvalue weighted by molar-refractivity contribution is 0.278. The molecule has 2 aromatic rings. The zero-order valence-corrected chi connectivity index (χ0v) is 9.77. The summed E-state index contributed by atoms with van der Waals surface area (Å²) in [6, 6.07) is 1.62. The first kappa shape index (κ1) is 10.8. The average Bonchev–Trinajstić information content (AvgIpc) is 2.66. The van der Waals surface area contributed by atoms with Gasteiger partial charge in [-0.05, 0) is 6.07 Å². The molecular formula is C9H6Cl2N2OS. The van der Waals surface area contributed by atoms with Gasteiger partial charge in [-0.25, -0.2) is 4.98 Å². The van der Waals surface area contributed by atoms with E-state index < -0.39 is 0 Å². The molecule has 2 heterocycles. The maximum absolute atomic E-state index is 8.88. The molecule has 0 spiro atoms. The van der Waals surface area contributed by atoms with Crippen LogP contribution in [0.2, 0.25) is 10.0 Å². The fourth-order valence-electron chi connectivity index (χ4n) is 1.06. The van der Waals surface area contributed by atoms with Crippen LogP contribution in [0, 0.1) is 0 Å². The molecule has 0 atom stereocenters. The summed E-state index contributed by atoms with van der Waals surface area (Å²) in [7, 11) is 0. The first-order chi connectivity index (χ1) is 7.20. The van der Waals surface area contributed by atoms with E-state index >= 15 is 0 Å². The second kappa shape index (κ2) is 4.45. The minimum atomic E-state index is -0.0816. The van der Waals surface area contributed by atoms with Crippen molar-refractivity contribution in [1.82, 2.24) is 9.97 Å². The molecule has 6 heteroatoms. The van der Waals surface area contributed by atoms with Crippen LogP contribution in [0.15, 0.2) is 17.6 Å². The van der Waals surface area contributed by atoms with E-state index in [1.54, 1.807) is 11.4 Å². The smallest absolute Gasteiger partial charge is 0.143 e. The van der Waals surface area contributed by atoms with Gasteiger partial charge < -0.3 is 5.11 Å². The van der Waals surface area contributed by atoms with Gasteiger partial charge in [-0.3, -0.25) is 4.98 Å². The largest absolute Gasteiger partial charge is 0.390 e. The van der Waals surface area contributed by atoms with E-state index in [0.29, 0.717) is 26.4 Å². The number of aliphatic hydroxyl groups excluding tert-OH is 1. The number of pyridine rings is 1. The molecule has 78 valence electrons. The first-order valence-corrected chi connectivity index (χ1v) is 5.71. The minimum Gasteiger partial charge on any atom is -0.390 e. The van der Waals surface area contributed by atoms with E-state index in [2.05, 4.69) is 9.97 Å². The third-order valence-corrected chi connectivity index (χ3v) is 3.12. The Hall–Kier alpha value is -0.680. The van der Waals surface area contributed by atoms with Gasteiger partial charge in [-0.15, -0.1) is 11.3 Å². The fourth-order valence-corrected chi connectivity index (χ4v) is 2.41. The quantitative estimate of drug-likeness (QED) is 0.903. The third-order valence-electron chi connectivity index (χ3n) is 1.72. The molecule has 0 saturated heterocycles. The lowest BCUT2D eigenvalue weighted by Crippen LogP contribution is -1.86. The molecule has 0 saturated carbocycles. The summed E-state index contributed by atoms with van der Waals surface area (Å²) in [4.78, 5) is 8.27. The number of nitrogens with zero attached hydrogens (tertiary/aromatic N) is 2. The Labute approximate surface area is 100 Å². The highest BCUT2D eigenvalue weighted by Crippen LogP contribution is 2.29. The number of thiazole rings is 1. The summed E-state index contributed by atoms with van der Waals surface area (Å²) in [6.07, 6.45) is 1.52. The van der Waals surface area contributed by atoms with Crippen LogP contribution in [0.5, 0.6) is 0 Å². The summed E-state index contributed by atoms with van der Waals surface area (Å²) in [6.45, 7) is -0.0816. The van der Waals surface area contributed by atoms with Crippen LogP contribution in [0.4, 0.5) is 0 Å². The third kappa shape index (κ3) is 2.29. The molecule has 0 aliphatic rings. The molecular weight excluding hydrogens is 255 g/mol. The van der Waals surface area contributed by atoms with Gasteiger partial charge in [0.15, 0.2) is 0 Å². The van der Waals surface area contributed by atoms with Gasteiger partial charge in [0, 0.05) is 11.6 Å². The van der Waals surface area contributed by atoms with Gasteiger partial charge in [0.2, 0.25) is 0 Å².